The van der Waals surface area contributed by atoms with E-state index in [1.165, 1.54) is 51.4 Å². The maximum absolute atomic E-state index is 6.27. The number of hydrogen-bond acceptors (Lipinski definition) is 3. The number of ether oxygens (including phenoxy) is 2. The molecule has 0 aromatic carbocycles. The van der Waals surface area contributed by atoms with Crippen molar-refractivity contribution >= 4 is 0 Å². The Morgan fingerprint density at radius 2 is 1.56 bits per heavy atom. The van der Waals surface area contributed by atoms with E-state index in [1.807, 2.05) is 0 Å². The third kappa shape index (κ3) is 2.34. The van der Waals surface area contributed by atoms with Crippen molar-refractivity contribution in [1.29, 1.82) is 0 Å². The number of hydrogen-bond donors (Lipinski definition) is 0. The minimum atomic E-state index is -0.220. The standard InChI is InChI=1S/C22H37NO2/c1-21-10-8-18-17-7-5-16(23(2)3)14-15(17)4-6-19(18)20(21)9-11-22(21)24-12-13-25-22/h15-20H,4-14H2,1-3H3/t15-,16+,17-,18+,19+,20-,21-/m0/s1. The summed E-state index contributed by atoms with van der Waals surface area (Å²) in [5.74, 6) is 4.58. The van der Waals surface area contributed by atoms with Crippen LogP contribution < -0.4 is 0 Å². The Hall–Kier alpha value is -0.120. The van der Waals surface area contributed by atoms with Crippen molar-refractivity contribution in [2.24, 2.45) is 35.0 Å². The molecule has 0 radical (unpaired) electrons. The van der Waals surface area contributed by atoms with E-state index in [0.29, 0.717) is 0 Å². The average molecular weight is 348 g/mol. The van der Waals surface area contributed by atoms with Gasteiger partial charge in [0.1, 0.15) is 0 Å². The molecule has 7 atom stereocenters. The summed E-state index contributed by atoms with van der Waals surface area (Å²) in [5, 5.41) is 0. The molecule has 1 heterocycles. The van der Waals surface area contributed by atoms with Crippen LogP contribution in [0.4, 0.5) is 0 Å². The molecule has 0 aromatic rings. The predicted molar refractivity (Wildman–Crippen MR) is 99.2 cm³/mol. The highest BCUT2D eigenvalue weighted by Crippen LogP contribution is 2.67. The van der Waals surface area contributed by atoms with Crippen molar-refractivity contribution < 1.29 is 9.47 Å². The van der Waals surface area contributed by atoms with Crippen molar-refractivity contribution in [3.05, 3.63) is 0 Å². The van der Waals surface area contributed by atoms with Crippen molar-refractivity contribution in [3.8, 4) is 0 Å². The third-order valence-corrected chi connectivity index (χ3v) is 9.46. The molecule has 5 fully saturated rings. The van der Waals surface area contributed by atoms with E-state index < -0.39 is 0 Å². The molecule has 0 amide bonds. The van der Waals surface area contributed by atoms with Gasteiger partial charge in [-0.3, -0.25) is 0 Å². The zero-order valence-corrected chi connectivity index (χ0v) is 16.5. The largest absolute Gasteiger partial charge is 0.347 e. The Kier molecular flexibility index (Phi) is 4.04. The molecule has 0 N–H and O–H groups in total. The quantitative estimate of drug-likeness (QED) is 0.705. The molecular weight excluding hydrogens is 310 g/mol. The van der Waals surface area contributed by atoms with Gasteiger partial charge in [0.15, 0.2) is 5.79 Å². The molecule has 142 valence electrons. The molecule has 1 spiro atoms. The van der Waals surface area contributed by atoms with Crippen LogP contribution in [0.5, 0.6) is 0 Å². The van der Waals surface area contributed by atoms with E-state index in [2.05, 4.69) is 25.9 Å². The molecule has 5 rings (SSSR count). The van der Waals surface area contributed by atoms with E-state index in [9.17, 15) is 0 Å². The minimum Gasteiger partial charge on any atom is -0.347 e. The Labute approximate surface area is 153 Å². The summed E-state index contributed by atoms with van der Waals surface area (Å²) in [7, 11) is 4.56. The lowest BCUT2D eigenvalue weighted by Crippen LogP contribution is -2.54. The molecule has 3 nitrogen and oxygen atoms in total. The van der Waals surface area contributed by atoms with Gasteiger partial charge in [0.05, 0.1) is 13.2 Å². The second-order valence-corrected chi connectivity index (χ2v) is 10.3. The van der Waals surface area contributed by atoms with E-state index >= 15 is 0 Å². The zero-order valence-electron chi connectivity index (χ0n) is 16.5. The van der Waals surface area contributed by atoms with Gasteiger partial charge in [-0.2, -0.15) is 0 Å². The smallest absolute Gasteiger partial charge is 0.174 e. The summed E-state index contributed by atoms with van der Waals surface area (Å²) in [5.41, 5.74) is 0.276. The lowest BCUT2D eigenvalue weighted by atomic mass is 9.50. The van der Waals surface area contributed by atoms with Crippen LogP contribution in [0, 0.1) is 35.0 Å². The van der Waals surface area contributed by atoms with Gasteiger partial charge in [-0.25, -0.2) is 0 Å². The molecule has 0 bridgehead atoms. The van der Waals surface area contributed by atoms with Crippen LogP contribution in [0.1, 0.15) is 64.7 Å². The Balaban J connectivity index is 1.36. The highest BCUT2D eigenvalue weighted by atomic mass is 16.7. The van der Waals surface area contributed by atoms with Gasteiger partial charge in [0, 0.05) is 17.9 Å². The summed E-state index contributed by atoms with van der Waals surface area (Å²) in [6, 6.07) is 0.835. The second kappa shape index (κ2) is 5.94. The van der Waals surface area contributed by atoms with Crippen LogP contribution in [0.15, 0.2) is 0 Å². The molecule has 4 saturated carbocycles. The lowest BCUT2D eigenvalue weighted by molar-refractivity contribution is -0.243. The fraction of sp³-hybridized carbons (Fsp3) is 1.00. The van der Waals surface area contributed by atoms with Gasteiger partial charge in [-0.15, -0.1) is 0 Å². The summed E-state index contributed by atoms with van der Waals surface area (Å²) in [4.78, 5) is 2.48. The highest BCUT2D eigenvalue weighted by Gasteiger charge is 2.65. The van der Waals surface area contributed by atoms with Gasteiger partial charge in [-0.1, -0.05) is 6.92 Å². The van der Waals surface area contributed by atoms with Crippen LogP contribution in [0.25, 0.3) is 0 Å². The summed E-state index contributed by atoms with van der Waals surface area (Å²) in [6.45, 7) is 4.14. The lowest BCUT2D eigenvalue weighted by Gasteiger charge is -2.57. The molecule has 5 aliphatic rings. The first-order chi connectivity index (χ1) is 12.0. The Morgan fingerprint density at radius 3 is 2.32 bits per heavy atom. The SMILES string of the molecule is CN(C)[C@@H]1CC[C@H]2[C@@H](CC[C@@H]3[C@@H]2CC[C@@]2(C)[C@H]3CCC23OCCO3)C1. The molecule has 1 aliphatic heterocycles. The topological polar surface area (TPSA) is 21.7 Å². The number of nitrogens with zero attached hydrogens (tertiary/aromatic N) is 1. The molecule has 4 aliphatic carbocycles. The first-order valence-electron chi connectivity index (χ1n) is 11.0. The van der Waals surface area contributed by atoms with Gasteiger partial charge in [0.25, 0.3) is 0 Å². The van der Waals surface area contributed by atoms with Crippen molar-refractivity contribution in [2.45, 2.75) is 76.5 Å². The maximum Gasteiger partial charge on any atom is 0.174 e. The van der Waals surface area contributed by atoms with Crippen molar-refractivity contribution in [3.63, 3.8) is 0 Å². The fourth-order valence-electron chi connectivity index (χ4n) is 8.18. The monoisotopic (exact) mass is 347 g/mol. The van der Waals surface area contributed by atoms with Crippen LogP contribution in [0.3, 0.4) is 0 Å². The van der Waals surface area contributed by atoms with Crippen LogP contribution >= 0.6 is 0 Å². The van der Waals surface area contributed by atoms with Gasteiger partial charge >= 0.3 is 0 Å². The van der Waals surface area contributed by atoms with Crippen LogP contribution in [-0.2, 0) is 9.47 Å². The average Bonchev–Trinajstić information content (AvgIpc) is 3.21. The molecule has 25 heavy (non-hydrogen) atoms. The fourth-order valence-corrected chi connectivity index (χ4v) is 8.18. The van der Waals surface area contributed by atoms with Gasteiger partial charge in [0.2, 0.25) is 0 Å². The highest BCUT2D eigenvalue weighted by molar-refractivity contribution is 5.10. The van der Waals surface area contributed by atoms with E-state index in [-0.39, 0.29) is 11.2 Å². The molecule has 0 unspecified atom stereocenters. The summed E-state index contributed by atoms with van der Waals surface area (Å²) >= 11 is 0. The third-order valence-electron chi connectivity index (χ3n) is 9.46. The Bertz CT molecular complexity index is 514. The molecule has 0 aromatic heterocycles. The van der Waals surface area contributed by atoms with Crippen LogP contribution in [0.2, 0.25) is 0 Å². The molecule has 1 saturated heterocycles. The van der Waals surface area contributed by atoms with Gasteiger partial charge in [-0.05, 0) is 95.1 Å². The van der Waals surface area contributed by atoms with Crippen molar-refractivity contribution in [2.75, 3.05) is 27.3 Å². The second-order valence-electron chi connectivity index (χ2n) is 10.3. The summed E-state index contributed by atoms with van der Waals surface area (Å²) in [6.07, 6.45) is 12.6. The Morgan fingerprint density at radius 1 is 0.800 bits per heavy atom. The van der Waals surface area contributed by atoms with E-state index in [0.717, 1.165) is 55.3 Å². The predicted octanol–water partition coefficient (Wildman–Crippen LogP) is 4.31. The summed E-state index contributed by atoms with van der Waals surface area (Å²) < 4.78 is 12.5. The number of rotatable bonds is 1. The molecular formula is C22H37NO2. The van der Waals surface area contributed by atoms with Crippen molar-refractivity contribution in [1.82, 2.24) is 4.90 Å². The zero-order chi connectivity index (χ0) is 17.2. The maximum atomic E-state index is 6.27. The number of fused-ring (bicyclic) bond motifs is 6. The van der Waals surface area contributed by atoms with Crippen LogP contribution in [-0.4, -0.2) is 44.0 Å². The first kappa shape index (κ1) is 17.0. The molecule has 3 heteroatoms. The minimum absolute atomic E-state index is 0.220. The normalized spacial score (nSPS) is 51.4. The van der Waals surface area contributed by atoms with E-state index in [1.54, 1.807) is 0 Å². The van der Waals surface area contributed by atoms with Gasteiger partial charge < -0.3 is 14.4 Å². The van der Waals surface area contributed by atoms with E-state index in [4.69, 9.17) is 9.47 Å². The first-order valence-corrected chi connectivity index (χ1v) is 11.0.